The number of carbonyl (C=O) groups is 1. The van der Waals surface area contributed by atoms with Crippen LogP contribution in [0.4, 0.5) is 5.69 Å². The van der Waals surface area contributed by atoms with Crippen LogP contribution in [-0.2, 0) is 6.42 Å². The average molecular weight is 431 g/mol. The van der Waals surface area contributed by atoms with Gasteiger partial charge in [0.1, 0.15) is 5.82 Å². The Morgan fingerprint density at radius 2 is 1.90 bits per heavy atom. The average Bonchev–Trinajstić information content (AvgIpc) is 3.30. The normalized spacial score (nSPS) is 10.8. The summed E-state index contributed by atoms with van der Waals surface area (Å²) < 4.78 is 0. The first kappa shape index (κ1) is 20.8. The Morgan fingerprint density at radius 1 is 1.06 bits per heavy atom. The number of anilines is 1. The lowest BCUT2D eigenvalue weighted by Crippen LogP contribution is -2.12. The minimum absolute atomic E-state index is 0.183. The zero-order valence-electron chi connectivity index (χ0n) is 17.2. The van der Waals surface area contributed by atoms with Crippen LogP contribution >= 0.6 is 11.6 Å². The fraction of sp³-hybridized carbons (Fsp3) is 0.160. The second-order valence-electron chi connectivity index (χ2n) is 7.30. The number of nitrogens with one attached hydrogen (secondary N) is 2. The quantitative estimate of drug-likeness (QED) is 0.357. The Kier molecular flexibility index (Phi) is 6.43. The number of imidazole rings is 1. The number of aromatic nitrogens is 3. The summed E-state index contributed by atoms with van der Waals surface area (Å²) in [5.74, 6) is 0.462. The fourth-order valence-corrected chi connectivity index (χ4v) is 3.53. The molecular formula is C25H23ClN4O. The van der Waals surface area contributed by atoms with Gasteiger partial charge < -0.3 is 10.3 Å². The second-order valence-corrected chi connectivity index (χ2v) is 7.71. The molecule has 2 aromatic carbocycles. The SMILES string of the molecule is CCCCc1cc(C(=O)Nc2ccc(Cl)c(-c3ncc(-c4ccccc4)[nH]3)c2)ccn1. The summed E-state index contributed by atoms with van der Waals surface area (Å²) in [5.41, 5.74) is 4.82. The first-order chi connectivity index (χ1) is 15.1. The molecule has 0 fully saturated rings. The number of halogens is 1. The van der Waals surface area contributed by atoms with Crippen molar-refractivity contribution in [2.45, 2.75) is 26.2 Å². The predicted octanol–water partition coefficient (Wildman–Crippen LogP) is 6.39. The molecule has 0 bridgehead atoms. The van der Waals surface area contributed by atoms with Gasteiger partial charge in [0.2, 0.25) is 0 Å². The van der Waals surface area contributed by atoms with Crippen molar-refractivity contribution in [1.82, 2.24) is 15.0 Å². The lowest BCUT2D eigenvalue weighted by molar-refractivity contribution is 0.102. The number of nitrogens with zero attached hydrogens (tertiary/aromatic N) is 2. The Bertz CT molecular complexity index is 1190. The Balaban J connectivity index is 1.55. The number of carbonyl (C=O) groups excluding carboxylic acids is 1. The summed E-state index contributed by atoms with van der Waals surface area (Å²) >= 11 is 6.43. The number of aryl methyl sites for hydroxylation is 1. The van der Waals surface area contributed by atoms with E-state index in [1.54, 1.807) is 30.6 Å². The molecule has 0 aliphatic carbocycles. The monoisotopic (exact) mass is 430 g/mol. The molecule has 5 nitrogen and oxygen atoms in total. The summed E-state index contributed by atoms with van der Waals surface area (Å²) in [7, 11) is 0. The molecule has 0 atom stereocenters. The number of rotatable bonds is 7. The van der Waals surface area contributed by atoms with Crippen LogP contribution in [0.15, 0.2) is 73.1 Å². The number of aromatic amines is 1. The standard InChI is InChI=1S/C25H23ClN4O/c1-2-3-9-19-14-18(12-13-27-19)25(31)29-20-10-11-22(26)21(15-20)24-28-16-23(30-24)17-7-5-4-6-8-17/h4-8,10-16H,2-3,9H2,1H3,(H,28,30)(H,29,31). The molecule has 0 radical (unpaired) electrons. The zero-order valence-corrected chi connectivity index (χ0v) is 18.0. The number of benzene rings is 2. The largest absolute Gasteiger partial charge is 0.338 e. The van der Waals surface area contributed by atoms with E-state index < -0.39 is 0 Å². The van der Waals surface area contributed by atoms with Crippen molar-refractivity contribution in [1.29, 1.82) is 0 Å². The van der Waals surface area contributed by atoms with Crippen LogP contribution < -0.4 is 5.32 Å². The van der Waals surface area contributed by atoms with E-state index in [4.69, 9.17) is 11.6 Å². The van der Waals surface area contributed by atoms with E-state index in [0.717, 1.165) is 41.8 Å². The third-order valence-corrected chi connectivity index (χ3v) is 5.33. The van der Waals surface area contributed by atoms with Gasteiger partial charge >= 0.3 is 0 Å². The smallest absolute Gasteiger partial charge is 0.255 e. The molecule has 0 aliphatic heterocycles. The first-order valence-electron chi connectivity index (χ1n) is 10.3. The first-order valence-corrected chi connectivity index (χ1v) is 10.7. The van der Waals surface area contributed by atoms with Gasteiger partial charge in [-0.1, -0.05) is 55.3 Å². The number of hydrogen-bond donors (Lipinski definition) is 2. The predicted molar refractivity (Wildman–Crippen MR) is 125 cm³/mol. The fourth-order valence-electron chi connectivity index (χ4n) is 3.32. The maximum Gasteiger partial charge on any atom is 0.255 e. The van der Waals surface area contributed by atoms with Crippen molar-refractivity contribution in [3.05, 3.63) is 89.3 Å². The van der Waals surface area contributed by atoms with E-state index in [2.05, 4.69) is 27.2 Å². The van der Waals surface area contributed by atoms with Crippen LogP contribution in [0.5, 0.6) is 0 Å². The van der Waals surface area contributed by atoms with Crippen molar-refractivity contribution in [2.24, 2.45) is 0 Å². The van der Waals surface area contributed by atoms with E-state index in [-0.39, 0.29) is 5.91 Å². The maximum absolute atomic E-state index is 12.8. The van der Waals surface area contributed by atoms with Crippen LogP contribution in [0.2, 0.25) is 5.02 Å². The topological polar surface area (TPSA) is 70.7 Å². The molecule has 0 spiro atoms. The Morgan fingerprint density at radius 3 is 2.71 bits per heavy atom. The van der Waals surface area contributed by atoms with Gasteiger partial charge in [-0.15, -0.1) is 0 Å². The molecule has 2 heterocycles. The Hall–Kier alpha value is -3.44. The van der Waals surface area contributed by atoms with Gasteiger partial charge in [0.15, 0.2) is 0 Å². The number of pyridine rings is 1. The Labute approximate surface area is 186 Å². The molecule has 0 saturated carbocycles. The number of hydrogen-bond acceptors (Lipinski definition) is 3. The van der Waals surface area contributed by atoms with Crippen LogP contribution in [0, 0.1) is 0 Å². The van der Waals surface area contributed by atoms with Gasteiger partial charge in [-0.25, -0.2) is 4.98 Å². The molecule has 2 N–H and O–H groups in total. The summed E-state index contributed by atoms with van der Waals surface area (Å²) in [6.07, 6.45) is 6.46. The van der Waals surface area contributed by atoms with E-state index in [1.165, 1.54) is 0 Å². The highest BCUT2D eigenvalue weighted by Crippen LogP contribution is 2.30. The van der Waals surface area contributed by atoms with Gasteiger partial charge in [-0.05, 0) is 48.7 Å². The molecular weight excluding hydrogens is 408 g/mol. The summed E-state index contributed by atoms with van der Waals surface area (Å²) in [4.78, 5) is 24.9. The van der Waals surface area contributed by atoms with Gasteiger partial charge in [0.05, 0.1) is 16.9 Å². The molecule has 0 unspecified atom stereocenters. The third kappa shape index (κ3) is 5.01. The lowest BCUT2D eigenvalue weighted by atomic mass is 10.1. The highest BCUT2D eigenvalue weighted by Gasteiger charge is 2.13. The van der Waals surface area contributed by atoms with Crippen LogP contribution in [0.25, 0.3) is 22.6 Å². The molecule has 2 aromatic heterocycles. The van der Waals surface area contributed by atoms with E-state index >= 15 is 0 Å². The maximum atomic E-state index is 12.8. The van der Waals surface area contributed by atoms with Crippen LogP contribution in [0.1, 0.15) is 35.8 Å². The van der Waals surface area contributed by atoms with Crippen LogP contribution in [0.3, 0.4) is 0 Å². The summed E-state index contributed by atoms with van der Waals surface area (Å²) in [6, 6.07) is 18.9. The third-order valence-electron chi connectivity index (χ3n) is 5.01. The molecule has 156 valence electrons. The highest BCUT2D eigenvalue weighted by atomic mass is 35.5. The molecule has 0 saturated heterocycles. The molecule has 4 aromatic rings. The number of unbranched alkanes of at least 4 members (excludes halogenated alkanes) is 1. The molecule has 1 amide bonds. The van der Waals surface area contributed by atoms with E-state index in [9.17, 15) is 4.79 Å². The van der Waals surface area contributed by atoms with Crippen molar-refractivity contribution in [3.63, 3.8) is 0 Å². The minimum Gasteiger partial charge on any atom is -0.338 e. The van der Waals surface area contributed by atoms with Crippen molar-refractivity contribution >= 4 is 23.2 Å². The van der Waals surface area contributed by atoms with Gasteiger partial charge in [0, 0.05) is 28.7 Å². The van der Waals surface area contributed by atoms with E-state index in [1.807, 2.05) is 42.5 Å². The van der Waals surface area contributed by atoms with Gasteiger partial charge in [-0.2, -0.15) is 0 Å². The number of amides is 1. The summed E-state index contributed by atoms with van der Waals surface area (Å²) in [6.45, 7) is 2.14. The minimum atomic E-state index is -0.183. The van der Waals surface area contributed by atoms with Crippen molar-refractivity contribution in [2.75, 3.05) is 5.32 Å². The summed E-state index contributed by atoms with van der Waals surface area (Å²) in [5, 5.41) is 3.50. The van der Waals surface area contributed by atoms with E-state index in [0.29, 0.717) is 22.1 Å². The number of H-pyrrole nitrogens is 1. The molecule has 4 rings (SSSR count). The van der Waals surface area contributed by atoms with Crippen molar-refractivity contribution in [3.8, 4) is 22.6 Å². The second kappa shape index (κ2) is 9.58. The lowest BCUT2D eigenvalue weighted by Gasteiger charge is -2.09. The van der Waals surface area contributed by atoms with Crippen LogP contribution in [-0.4, -0.2) is 20.9 Å². The molecule has 0 aliphatic rings. The van der Waals surface area contributed by atoms with Gasteiger partial charge in [0.25, 0.3) is 5.91 Å². The zero-order chi connectivity index (χ0) is 21.6. The highest BCUT2D eigenvalue weighted by molar-refractivity contribution is 6.33. The van der Waals surface area contributed by atoms with Gasteiger partial charge in [-0.3, -0.25) is 9.78 Å². The van der Waals surface area contributed by atoms with Crippen molar-refractivity contribution < 1.29 is 4.79 Å². The molecule has 6 heteroatoms. The molecule has 31 heavy (non-hydrogen) atoms.